The molecule has 1 aliphatic carbocycles. The number of ketones is 1. The van der Waals surface area contributed by atoms with Gasteiger partial charge in [0.2, 0.25) is 0 Å². The van der Waals surface area contributed by atoms with Crippen LogP contribution in [0, 0.1) is 10.1 Å². The van der Waals surface area contributed by atoms with Crippen LogP contribution in [-0.4, -0.2) is 10.7 Å². The van der Waals surface area contributed by atoms with Crippen molar-refractivity contribution < 1.29 is 9.72 Å². The second kappa shape index (κ2) is 4.03. The van der Waals surface area contributed by atoms with Crippen LogP contribution in [0.1, 0.15) is 26.7 Å². The van der Waals surface area contributed by atoms with Crippen molar-refractivity contribution in [3.8, 4) is 0 Å². The zero-order valence-electron chi connectivity index (χ0n) is 9.33. The van der Waals surface area contributed by atoms with Crippen LogP contribution in [0.15, 0.2) is 35.7 Å². The molecule has 0 fully saturated rings. The molecule has 1 atom stereocenters. The lowest BCUT2D eigenvalue weighted by molar-refractivity contribution is -0.384. The van der Waals surface area contributed by atoms with E-state index in [1.807, 2.05) is 11.4 Å². The van der Waals surface area contributed by atoms with Gasteiger partial charge in [0, 0.05) is 22.6 Å². The molecule has 1 aromatic heterocycles. The Morgan fingerprint density at radius 1 is 1.22 bits per heavy atom. The molecule has 90 valence electrons. The van der Waals surface area contributed by atoms with Crippen LogP contribution in [0.2, 0.25) is 0 Å². The lowest BCUT2D eigenvalue weighted by Crippen LogP contribution is -2.06. The van der Waals surface area contributed by atoms with Gasteiger partial charge < -0.3 is 0 Å². The summed E-state index contributed by atoms with van der Waals surface area (Å²) in [6, 6.07) is 8.12. The minimum absolute atomic E-state index is 0.0546. The number of fused-ring (bicyclic) bond motifs is 1. The Kier molecular flexibility index (Phi) is 2.48. The molecule has 0 aliphatic heterocycles. The largest absolute Gasteiger partial charge is 0.293 e. The standard InChI is InChI=1S/C13H9NO3S/c15-13-10-5-6-18-12(10)7-11(13)8-1-3-9(4-2-8)14(16)17/h1-6,11H,7H2. The number of Topliss-reactive ketones (excluding diaryl/α,β-unsaturated/α-hetero) is 1. The van der Waals surface area contributed by atoms with E-state index < -0.39 is 4.92 Å². The highest BCUT2D eigenvalue weighted by molar-refractivity contribution is 7.10. The Morgan fingerprint density at radius 3 is 2.56 bits per heavy atom. The summed E-state index contributed by atoms with van der Waals surface area (Å²) in [5, 5.41) is 12.5. The third-order valence-electron chi connectivity index (χ3n) is 3.22. The molecule has 1 aliphatic rings. The van der Waals surface area contributed by atoms with Crippen molar-refractivity contribution in [2.24, 2.45) is 0 Å². The summed E-state index contributed by atoms with van der Waals surface area (Å²) >= 11 is 1.59. The first-order valence-corrected chi connectivity index (χ1v) is 6.39. The number of nitro groups is 1. The predicted molar refractivity (Wildman–Crippen MR) is 68.2 cm³/mol. The summed E-state index contributed by atoms with van der Waals surface area (Å²) in [7, 11) is 0. The van der Waals surface area contributed by atoms with Gasteiger partial charge >= 0.3 is 0 Å². The quantitative estimate of drug-likeness (QED) is 0.614. The SMILES string of the molecule is O=C1c2ccsc2CC1c1ccc([N+](=O)[O-])cc1. The van der Waals surface area contributed by atoms with Crippen LogP contribution >= 0.6 is 11.3 Å². The number of hydrogen-bond donors (Lipinski definition) is 0. The topological polar surface area (TPSA) is 60.2 Å². The van der Waals surface area contributed by atoms with Crippen LogP contribution < -0.4 is 0 Å². The third-order valence-corrected chi connectivity index (χ3v) is 4.17. The molecule has 0 radical (unpaired) electrons. The van der Waals surface area contributed by atoms with Gasteiger partial charge in [-0.05, 0) is 23.4 Å². The van der Waals surface area contributed by atoms with E-state index in [1.54, 1.807) is 23.5 Å². The summed E-state index contributed by atoms with van der Waals surface area (Å²) in [4.78, 5) is 23.4. The zero-order valence-corrected chi connectivity index (χ0v) is 10.1. The Labute approximate surface area is 107 Å². The highest BCUT2D eigenvalue weighted by Gasteiger charge is 2.32. The van der Waals surface area contributed by atoms with Crippen LogP contribution in [0.3, 0.4) is 0 Å². The number of thiophene rings is 1. The van der Waals surface area contributed by atoms with Crippen LogP contribution in [0.25, 0.3) is 0 Å². The monoisotopic (exact) mass is 259 g/mol. The highest BCUT2D eigenvalue weighted by atomic mass is 32.1. The molecule has 18 heavy (non-hydrogen) atoms. The van der Waals surface area contributed by atoms with Crippen molar-refractivity contribution >= 4 is 22.8 Å². The summed E-state index contributed by atoms with van der Waals surface area (Å²) in [5.74, 6) is -0.0478. The van der Waals surface area contributed by atoms with E-state index in [2.05, 4.69) is 0 Å². The van der Waals surface area contributed by atoms with Crippen LogP contribution in [-0.2, 0) is 6.42 Å². The summed E-state index contributed by atoms with van der Waals surface area (Å²) in [6.07, 6.45) is 0.712. The molecule has 0 bridgehead atoms. The number of carbonyl (C=O) groups excluding carboxylic acids is 1. The summed E-state index contributed by atoms with van der Waals surface area (Å²) in [5.41, 5.74) is 1.72. The number of non-ortho nitro benzene ring substituents is 1. The van der Waals surface area contributed by atoms with Gasteiger partial charge in [-0.25, -0.2) is 0 Å². The molecule has 0 saturated heterocycles. The summed E-state index contributed by atoms with van der Waals surface area (Å²) in [6.45, 7) is 0. The molecule has 3 rings (SSSR count). The molecular formula is C13H9NO3S. The lowest BCUT2D eigenvalue weighted by Gasteiger charge is -2.07. The van der Waals surface area contributed by atoms with E-state index in [1.165, 1.54) is 12.1 Å². The van der Waals surface area contributed by atoms with Crippen LogP contribution in [0.4, 0.5) is 5.69 Å². The minimum Gasteiger partial charge on any atom is -0.293 e. The van der Waals surface area contributed by atoms with Crippen molar-refractivity contribution in [1.82, 2.24) is 0 Å². The van der Waals surface area contributed by atoms with Gasteiger partial charge in [0.25, 0.3) is 5.69 Å². The zero-order chi connectivity index (χ0) is 12.7. The number of nitro benzene ring substituents is 1. The molecule has 2 aromatic rings. The number of nitrogens with zero attached hydrogens (tertiary/aromatic N) is 1. The number of benzene rings is 1. The fraction of sp³-hybridized carbons (Fsp3) is 0.154. The second-order valence-electron chi connectivity index (χ2n) is 4.23. The number of hydrogen-bond acceptors (Lipinski definition) is 4. The van der Waals surface area contributed by atoms with Crippen molar-refractivity contribution in [2.45, 2.75) is 12.3 Å². The second-order valence-corrected chi connectivity index (χ2v) is 5.23. The van der Waals surface area contributed by atoms with E-state index in [0.29, 0.717) is 6.42 Å². The Balaban J connectivity index is 1.91. The predicted octanol–water partition coefficient (Wildman–Crippen LogP) is 3.18. The highest BCUT2D eigenvalue weighted by Crippen LogP contribution is 2.37. The lowest BCUT2D eigenvalue weighted by atomic mass is 9.95. The smallest absolute Gasteiger partial charge is 0.269 e. The van der Waals surface area contributed by atoms with Crippen molar-refractivity contribution in [3.63, 3.8) is 0 Å². The van der Waals surface area contributed by atoms with E-state index in [4.69, 9.17) is 0 Å². The number of carbonyl (C=O) groups is 1. The van der Waals surface area contributed by atoms with E-state index in [-0.39, 0.29) is 17.4 Å². The average molecular weight is 259 g/mol. The maximum atomic E-state index is 12.1. The molecule has 0 amide bonds. The van der Waals surface area contributed by atoms with Gasteiger partial charge in [-0.1, -0.05) is 12.1 Å². The Bertz CT molecular complexity index is 630. The fourth-order valence-corrected chi connectivity index (χ4v) is 3.21. The van der Waals surface area contributed by atoms with Gasteiger partial charge in [-0.3, -0.25) is 14.9 Å². The van der Waals surface area contributed by atoms with Gasteiger partial charge in [0.15, 0.2) is 5.78 Å². The first-order chi connectivity index (χ1) is 8.66. The molecule has 0 N–H and O–H groups in total. The molecule has 0 spiro atoms. The van der Waals surface area contributed by atoms with E-state index in [9.17, 15) is 14.9 Å². The fourth-order valence-electron chi connectivity index (χ4n) is 2.28. The maximum Gasteiger partial charge on any atom is 0.269 e. The minimum atomic E-state index is -0.433. The normalized spacial score (nSPS) is 17.8. The summed E-state index contributed by atoms with van der Waals surface area (Å²) < 4.78 is 0. The number of rotatable bonds is 2. The molecule has 1 unspecified atom stereocenters. The molecule has 5 heteroatoms. The van der Waals surface area contributed by atoms with Crippen molar-refractivity contribution in [1.29, 1.82) is 0 Å². The molecule has 0 saturated carbocycles. The Morgan fingerprint density at radius 2 is 1.94 bits per heavy atom. The van der Waals surface area contributed by atoms with Gasteiger partial charge in [0.1, 0.15) is 0 Å². The molecular weight excluding hydrogens is 250 g/mol. The van der Waals surface area contributed by atoms with Gasteiger partial charge in [-0.2, -0.15) is 0 Å². The third kappa shape index (κ3) is 1.64. The van der Waals surface area contributed by atoms with Crippen molar-refractivity contribution in [2.75, 3.05) is 0 Å². The van der Waals surface area contributed by atoms with E-state index in [0.717, 1.165) is 16.0 Å². The van der Waals surface area contributed by atoms with Crippen molar-refractivity contribution in [3.05, 3.63) is 61.8 Å². The molecule has 1 aromatic carbocycles. The van der Waals surface area contributed by atoms with Crippen LogP contribution in [0.5, 0.6) is 0 Å². The Hall–Kier alpha value is -2.01. The molecule has 4 nitrogen and oxygen atoms in total. The molecule has 1 heterocycles. The maximum absolute atomic E-state index is 12.1. The first kappa shape index (κ1) is 11.1. The van der Waals surface area contributed by atoms with Gasteiger partial charge in [0.05, 0.1) is 10.8 Å². The van der Waals surface area contributed by atoms with E-state index >= 15 is 0 Å². The van der Waals surface area contributed by atoms with Gasteiger partial charge in [-0.15, -0.1) is 11.3 Å². The average Bonchev–Trinajstić information content (AvgIpc) is 2.93. The first-order valence-electron chi connectivity index (χ1n) is 5.52.